The van der Waals surface area contributed by atoms with Crippen LogP contribution in [-0.4, -0.2) is 51.9 Å². The van der Waals surface area contributed by atoms with Gasteiger partial charge in [-0.2, -0.15) is 4.31 Å². The van der Waals surface area contributed by atoms with E-state index in [0.29, 0.717) is 19.6 Å². The number of sulfonamides is 1. The first-order chi connectivity index (χ1) is 13.9. The highest BCUT2D eigenvalue weighted by molar-refractivity contribution is 7.89. The highest BCUT2D eigenvalue weighted by atomic mass is 35.5. The minimum Gasteiger partial charge on any atom is -0.375 e. The summed E-state index contributed by atoms with van der Waals surface area (Å²) in [6, 6.07) is 14.3. The van der Waals surface area contributed by atoms with Crippen molar-refractivity contribution in [3.63, 3.8) is 0 Å². The minimum absolute atomic E-state index is 0.109. The predicted molar refractivity (Wildman–Crippen MR) is 116 cm³/mol. The normalized spacial score (nSPS) is 14.7. The maximum atomic E-state index is 12.7. The number of amides is 1. The van der Waals surface area contributed by atoms with Crippen molar-refractivity contribution in [3.8, 4) is 0 Å². The smallest absolute Gasteiger partial charge is 0.252 e. The highest BCUT2D eigenvalue weighted by Crippen LogP contribution is 2.25. The number of benzene rings is 2. The fourth-order valence-electron chi connectivity index (χ4n) is 3.34. The molecule has 1 amide bonds. The second-order valence-electron chi connectivity index (χ2n) is 7.12. The Labute approximate surface area is 177 Å². The van der Waals surface area contributed by atoms with Crippen molar-refractivity contribution in [2.45, 2.75) is 24.2 Å². The zero-order valence-corrected chi connectivity index (χ0v) is 18.0. The summed E-state index contributed by atoms with van der Waals surface area (Å²) in [5.74, 6) is -0.365. The predicted octanol–water partition coefficient (Wildman–Crippen LogP) is 3.38. The van der Waals surface area contributed by atoms with Gasteiger partial charge in [0.05, 0.1) is 15.5 Å². The maximum absolute atomic E-state index is 12.7. The van der Waals surface area contributed by atoms with Crippen LogP contribution in [0.4, 0.5) is 5.69 Å². The molecule has 0 saturated carbocycles. The number of hydrogen-bond acceptors (Lipinski definition) is 4. The average molecular weight is 436 g/mol. The van der Waals surface area contributed by atoms with Gasteiger partial charge in [-0.15, -0.1) is 0 Å². The van der Waals surface area contributed by atoms with E-state index < -0.39 is 10.0 Å². The number of halogens is 1. The van der Waals surface area contributed by atoms with E-state index in [1.807, 2.05) is 37.4 Å². The molecule has 156 valence electrons. The van der Waals surface area contributed by atoms with Crippen LogP contribution < -0.4 is 10.2 Å². The lowest BCUT2D eigenvalue weighted by molar-refractivity contribution is 0.0953. The molecule has 0 radical (unpaired) electrons. The molecule has 1 saturated heterocycles. The van der Waals surface area contributed by atoms with E-state index in [0.717, 1.165) is 31.5 Å². The van der Waals surface area contributed by atoms with E-state index in [1.165, 1.54) is 22.5 Å². The van der Waals surface area contributed by atoms with Crippen LogP contribution in [-0.2, 0) is 10.0 Å². The molecule has 0 unspecified atom stereocenters. The molecule has 0 aromatic heterocycles. The molecular formula is C21H26ClN3O3S. The standard InChI is InChI=1S/C21H26ClN3O3S/c1-24(17-8-3-2-4-9-17)13-7-12-23-21(26)19-16-18(10-11-20(19)22)29(27,28)25-14-5-6-15-25/h2-4,8-11,16H,5-7,12-15H2,1H3,(H,23,26). The summed E-state index contributed by atoms with van der Waals surface area (Å²) in [7, 11) is -1.59. The van der Waals surface area contributed by atoms with Crippen molar-refractivity contribution in [2.75, 3.05) is 38.1 Å². The number of carbonyl (C=O) groups is 1. The third-order valence-corrected chi connectivity index (χ3v) is 7.26. The second-order valence-corrected chi connectivity index (χ2v) is 9.46. The summed E-state index contributed by atoms with van der Waals surface area (Å²) < 4.78 is 26.9. The summed E-state index contributed by atoms with van der Waals surface area (Å²) in [4.78, 5) is 14.8. The molecule has 2 aromatic carbocycles. The van der Waals surface area contributed by atoms with E-state index in [1.54, 1.807) is 0 Å². The lowest BCUT2D eigenvalue weighted by atomic mass is 10.2. The van der Waals surface area contributed by atoms with E-state index in [4.69, 9.17) is 11.6 Å². The first kappa shape index (κ1) is 21.6. The van der Waals surface area contributed by atoms with Gasteiger partial charge >= 0.3 is 0 Å². The summed E-state index contributed by atoms with van der Waals surface area (Å²) in [5.41, 5.74) is 1.30. The topological polar surface area (TPSA) is 69.7 Å². The van der Waals surface area contributed by atoms with Crippen LogP contribution >= 0.6 is 11.6 Å². The first-order valence-corrected chi connectivity index (χ1v) is 11.6. The van der Waals surface area contributed by atoms with Gasteiger partial charge in [0, 0.05) is 38.9 Å². The fraction of sp³-hybridized carbons (Fsp3) is 0.381. The summed E-state index contributed by atoms with van der Waals surface area (Å²) in [5, 5.41) is 3.08. The van der Waals surface area contributed by atoms with Crippen molar-refractivity contribution in [1.82, 2.24) is 9.62 Å². The number of nitrogens with one attached hydrogen (secondary N) is 1. The quantitative estimate of drug-likeness (QED) is 0.645. The molecule has 1 aliphatic heterocycles. The Morgan fingerprint density at radius 1 is 1.14 bits per heavy atom. The van der Waals surface area contributed by atoms with Gasteiger partial charge in [-0.05, 0) is 49.6 Å². The monoisotopic (exact) mass is 435 g/mol. The molecule has 0 spiro atoms. The molecule has 0 bridgehead atoms. The van der Waals surface area contributed by atoms with Crippen LogP contribution in [0.2, 0.25) is 5.02 Å². The number of rotatable bonds is 8. The molecule has 1 heterocycles. The minimum atomic E-state index is -3.59. The van der Waals surface area contributed by atoms with E-state index in [2.05, 4.69) is 10.2 Å². The molecule has 1 N–H and O–H groups in total. The summed E-state index contributed by atoms with van der Waals surface area (Å²) in [6.07, 6.45) is 2.47. The number of hydrogen-bond donors (Lipinski definition) is 1. The van der Waals surface area contributed by atoms with Crippen LogP contribution in [0, 0.1) is 0 Å². The number of para-hydroxylation sites is 1. The van der Waals surface area contributed by atoms with Gasteiger partial charge in [0.25, 0.3) is 5.91 Å². The molecule has 0 aliphatic carbocycles. The van der Waals surface area contributed by atoms with Crippen LogP contribution in [0.3, 0.4) is 0 Å². The zero-order chi connectivity index (χ0) is 20.9. The van der Waals surface area contributed by atoms with Crippen LogP contribution in [0.25, 0.3) is 0 Å². The lowest BCUT2D eigenvalue weighted by Gasteiger charge is -2.19. The second kappa shape index (κ2) is 9.61. The van der Waals surface area contributed by atoms with Crippen molar-refractivity contribution in [3.05, 3.63) is 59.1 Å². The van der Waals surface area contributed by atoms with Gasteiger partial charge in [-0.1, -0.05) is 29.8 Å². The fourth-order valence-corrected chi connectivity index (χ4v) is 5.09. The average Bonchev–Trinajstić information content (AvgIpc) is 3.27. The van der Waals surface area contributed by atoms with Gasteiger partial charge in [0.15, 0.2) is 0 Å². The van der Waals surface area contributed by atoms with E-state index in [9.17, 15) is 13.2 Å². The number of anilines is 1. The van der Waals surface area contributed by atoms with E-state index >= 15 is 0 Å². The molecule has 0 atom stereocenters. The number of nitrogens with zero attached hydrogens (tertiary/aromatic N) is 2. The van der Waals surface area contributed by atoms with Gasteiger partial charge < -0.3 is 10.2 Å². The molecule has 2 aromatic rings. The molecule has 1 aliphatic rings. The van der Waals surface area contributed by atoms with Crippen LogP contribution in [0.15, 0.2) is 53.4 Å². The van der Waals surface area contributed by atoms with Crippen molar-refractivity contribution in [1.29, 1.82) is 0 Å². The third kappa shape index (κ3) is 5.29. The van der Waals surface area contributed by atoms with Crippen LogP contribution in [0.5, 0.6) is 0 Å². The summed E-state index contributed by atoms with van der Waals surface area (Å²) >= 11 is 6.17. The Balaban J connectivity index is 1.59. The van der Waals surface area contributed by atoms with Crippen LogP contribution in [0.1, 0.15) is 29.6 Å². The van der Waals surface area contributed by atoms with Crippen molar-refractivity contribution < 1.29 is 13.2 Å². The molecule has 3 rings (SSSR count). The summed E-state index contributed by atoms with van der Waals surface area (Å²) in [6.45, 7) is 2.28. The Hall–Kier alpha value is -2.09. The van der Waals surface area contributed by atoms with Crippen molar-refractivity contribution in [2.24, 2.45) is 0 Å². The number of carbonyl (C=O) groups excluding carboxylic acids is 1. The molecule has 1 fully saturated rings. The molecular weight excluding hydrogens is 410 g/mol. The van der Waals surface area contributed by atoms with Crippen molar-refractivity contribution >= 4 is 33.2 Å². The molecule has 8 heteroatoms. The lowest BCUT2D eigenvalue weighted by Crippen LogP contribution is -2.30. The van der Waals surface area contributed by atoms with Gasteiger partial charge in [0.2, 0.25) is 10.0 Å². The molecule has 29 heavy (non-hydrogen) atoms. The Morgan fingerprint density at radius 3 is 2.52 bits per heavy atom. The first-order valence-electron chi connectivity index (χ1n) is 9.73. The Bertz CT molecular complexity index is 945. The Kier molecular flexibility index (Phi) is 7.16. The maximum Gasteiger partial charge on any atom is 0.252 e. The van der Waals surface area contributed by atoms with Gasteiger partial charge in [-0.25, -0.2) is 8.42 Å². The SMILES string of the molecule is CN(CCCNC(=O)c1cc(S(=O)(=O)N2CCCC2)ccc1Cl)c1ccccc1. The zero-order valence-electron chi connectivity index (χ0n) is 16.5. The largest absolute Gasteiger partial charge is 0.375 e. The highest BCUT2D eigenvalue weighted by Gasteiger charge is 2.28. The van der Waals surface area contributed by atoms with E-state index in [-0.39, 0.29) is 21.4 Å². The van der Waals surface area contributed by atoms with Gasteiger partial charge in [0.1, 0.15) is 0 Å². The Morgan fingerprint density at radius 2 is 1.83 bits per heavy atom. The molecule has 6 nitrogen and oxygen atoms in total. The third-order valence-electron chi connectivity index (χ3n) is 5.04. The van der Waals surface area contributed by atoms with Gasteiger partial charge in [-0.3, -0.25) is 4.79 Å².